The van der Waals surface area contributed by atoms with E-state index in [0.29, 0.717) is 43.5 Å². The minimum Gasteiger partial charge on any atom is -0.319 e. The standard InChI is InChI=1S/C33H45N7O4/c1-6-20-38-32(41)30-31(37(33(38)42)21-19-26-17-14-18-27(22-26)40(43)44)34-28(23-25-15-12-11-13-16-25)39(30)24-29(35(7-2)8-3)36(9-4)10-5/h11-18,22,29H,6-10,19-21,23-24H2,1-5H3. The minimum absolute atomic E-state index is 0.00391. The van der Waals surface area contributed by atoms with Crippen molar-refractivity contribution in [2.75, 3.05) is 26.2 Å². The number of rotatable bonds is 16. The topological polar surface area (TPSA) is 111 Å². The lowest BCUT2D eigenvalue weighted by atomic mass is 10.1. The summed E-state index contributed by atoms with van der Waals surface area (Å²) >= 11 is 0. The number of hydrogen-bond acceptors (Lipinski definition) is 7. The molecule has 0 radical (unpaired) electrons. The third-order valence-electron chi connectivity index (χ3n) is 8.40. The van der Waals surface area contributed by atoms with Gasteiger partial charge in [0.05, 0.1) is 17.6 Å². The van der Waals surface area contributed by atoms with Gasteiger partial charge >= 0.3 is 5.69 Å². The zero-order valence-corrected chi connectivity index (χ0v) is 26.6. The van der Waals surface area contributed by atoms with Crippen LogP contribution in [0.25, 0.3) is 11.2 Å². The van der Waals surface area contributed by atoms with E-state index in [1.165, 1.54) is 16.7 Å². The summed E-state index contributed by atoms with van der Waals surface area (Å²) in [6.45, 7) is 15.0. The Bertz CT molecular complexity index is 1660. The van der Waals surface area contributed by atoms with Crippen molar-refractivity contribution in [3.05, 3.63) is 103 Å². The van der Waals surface area contributed by atoms with Gasteiger partial charge in [0.25, 0.3) is 11.2 Å². The molecule has 0 saturated carbocycles. The van der Waals surface area contributed by atoms with Crippen LogP contribution in [0.2, 0.25) is 0 Å². The Kier molecular flexibility index (Phi) is 11.2. The molecule has 2 aromatic heterocycles. The summed E-state index contributed by atoms with van der Waals surface area (Å²) in [7, 11) is 0. The summed E-state index contributed by atoms with van der Waals surface area (Å²) in [6.07, 6.45) is 1.53. The highest BCUT2D eigenvalue weighted by molar-refractivity contribution is 5.71. The first-order chi connectivity index (χ1) is 21.3. The van der Waals surface area contributed by atoms with Gasteiger partial charge in [-0.05, 0) is 50.1 Å². The molecule has 0 aliphatic heterocycles. The van der Waals surface area contributed by atoms with Gasteiger partial charge in [-0.1, -0.05) is 77.1 Å². The molecule has 4 aromatic rings. The van der Waals surface area contributed by atoms with E-state index < -0.39 is 10.6 Å². The van der Waals surface area contributed by atoms with Crippen LogP contribution in [0.1, 0.15) is 58.0 Å². The number of non-ortho nitro benzene ring substituents is 1. The van der Waals surface area contributed by atoms with Crippen molar-refractivity contribution >= 4 is 16.9 Å². The Morgan fingerprint density at radius 2 is 1.45 bits per heavy atom. The van der Waals surface area contributed by atoms with Crippen molar-refractivity contribution in [1.29, 1.82) is 0 Å². The zero-order chi connectivity index (χ0) is 31.8. The number of nitrogens with zero attached hydrogens (tertiary/aromatic N) is 7. The van der Waals surface area contributed by atoms with Crippen molar-refractivity contribution in [3.63, 3.8) is 0 Å². The molecule has 0 N–H and O–H groups in total. The minimum atomic E-state index is -0.422. The van der Waals surface area contributed by atoms with Crippen molar-refractivity contribution in [3.8, 4) is 0 Å². The molecule has 11 heteroatoms. The van der Waals surface area contributed by atoms with Crippen LogP contribution in [0.3, 0.4) is 0 Å². The molecule has 0 unspecified atom stereocenters. The molecule has 44 heavy (non-hydrogen) atoms. The maximum absolute atomic E-state index is 14.2. The second-order valence-electron chi connectivity index (χ2n) is 11.0. The number of aryl methyl sites for hydroxylation is 2. The van der Waals surface area contributed by atoms with Crippen molar-refractivity contribution in [2.45, 2.75) is 79.7 Å². The van der Waals surface area contributed by atoms with E-state index in [1.54, 1.807) is 10.6 Å². The van der Waals surface area contributed by atoms with Gasteiger partial charge in [-0.15, -0.1) is 0 Å². The van der Waals surface area contributed by atoms with Crippen LogP contribution in [-0.4, -0.2) is 65.8 Å². The number of hydrogen-bond donors (Lipinski definition) is 0. The van der Waals surface area contributed by atoms with E-state index >= 15 is 0 Å². The van der Waals surface area contributed by atoms with Gasteiger partial charge in [0.1, 0.15) is 5.82 Å². The largest absolute Gasteiger partial charge is 0.332 e. The van der Waals surface area contributed by atoms with Gasteiger partial charge < -0.3 is 4.57 Å². The van der Waals surface area contributed by atoms with Crippen LogP contribution in [0.5, 0.6) is 0 Å². The van der Waals surface area contributed by atoms with Gasteiger partial charge in [-0.2, -0.15) is 0 Å². The predicted molar refractivity (Wildman–Crippen MR) is 174 cm³/mol. The van der Waals surface area contributed by atoms with Crippen molar-refractivity contribution < 1.29 is 4.92 Å². The third-order valence-corrected chi connectivity index (χ3v) is 8.40. The van der Waals surface area contributed by atoms with E-state index in [9.17, 15) is 19.7 Å². The number of imidazole rings is 1. The van der Waals surface area contributed by atoms with Crippen molar-refractivity contribution in [1.82, 2.24) is 28.5 Å². The zero-order valence-electron chi connectivity index (χ0n) is 26.6. The normalized spacial score (nSPS) is 11.8. The Morgan fingerprint density at radius 1 is 0.818 bits per heavy atom. The van der Waals surface area contributed by atoms with Crippen LogP contribution in [0.15, 0.2) is 64.2 Å². The highest BCUT2D eigenvalue weighted by Gasteiger charge is 2.27. The number of benzene rings is 2. The van der Waals surface area contributed by atoms with E-state index in [1.807, 2.05) is 47.9 Å². The summed E-state index contributed by atoms with van der Waals surface area (Å²) in [6, 6.07) is 16.5. The Hall–Kier alpha value is -4.09. The molecule has 0 saturated heterocycles. The summed E-state index contributed by atoms with van der Waals surface area (Å²) < 4.78 is 4.95. The number of nitro groups is 1. The van der Waals surface area contributed by atoms with Crippen LogP contribution in [0.4, 0.5) is 5.69 Å². The molecule has 2 aromatic carbocycles. The molecule has 0 atom stereocenters. The lowest BCUT2D eigenvalue weighted by molar-refractivity contribution is -0.384. The third kappa shape index (κ3) is 7.00. The average molecular weight is 604 g/mol. The fourth-order valence-electron chi connectivity index (χ4n) is 6.05. The van der Waals surface area contributed by atoms with E-state index in [2.05, 4.69) is 37.5 Å². The van der Waals surface area contributed by atoms with Gasteiger partial charge in [0.15, 0.2) is 11.2 Å². The van der Waals surface area contributed by atoms with E-state index in [4.69, 9.17) is 4.98 Å². The molecular formula is C33H45N7O4. The second-order valence-corrected chi connectivity index (χ2v) is 11.0. The van der Waals surface area contributed by atoms with Crippen LogP contribution < -0.4 is 11.2 Å². The van der Waals surface area contributed by atoms with Gasteiger partial charge in [0.2, 0.25) is 0 Å². The monoisotopic (exact) mass is 603 g/mol. The lowest BCUT2D eigenvalue weighted by Crippen LogP contribution is -2.51. The van der Waals surface area contributed by atoms with Crippen LogP contribution >= 0.6 is 0 Å². The number of fused-ring (bicyclic) bond motifs is 1. The first kappa shape index (κ1) is 32.8. The number of likely N-dealkylation sites (N-methyl/N-ethyl adjacent to an activating group) is 2. The fraction of sp³-hybridized carbons (Fsp3) is 0.485. The molecule has 0 amide bonds. The van der Waals surface area contributed by atoms with Gasteiger partial charge in [-0.3, -0.25) is 33.8 Å². The average Bonchev–Trinajstić information content (AvgIpc) is 3.38. The molecule has 0 fully saturated rings. The Labute approximate surface area is 258 Å². The quantitative estimate of drug-likeness (QED) is 0.105. The molecule has 2 heterocycles. The molecule has 236 valence electrons. The fourth-order valence-corrected chi connectivity index (χ4v) is 6.05. The molecule has 0 bridgehead atoms. The van der Waals surface area contributed by atoms with E-state index in [0.717, 1.165) is 43.1 Å². The second kappa shape index (κ2) is 15.1. The highest BCUT2D eigenvalue weighted by Crippen LogP contribution is 2.20. The van der Waals surface area contributed by atoms with Gasteiger partial charge in [0, 0.05) is 31.6 Å². The molecule has 0 spiro atoms. The lowest BCUT2D eigenvalue weighted by Gasteiger charge is -2.38. The predicted octanol–water partition coefficient (Wildman–Crippen LogP) is 4.52. The van der Waals surface area contributed by atoms with Gasteiger partial charge in [-0.25, -0.2) is 9.78 Å². The molecule has 4 rings (SSSR count). The SMILES string of the molecule is CCCn1c(=O)c2c(nc(Cc3ccccc3)n2CC(N(CC)CC)N(CC)CC)n(CCc2cccc([N+](=O)[O-])c2)c1=O. The Balaban J connectivity index is 1.94. The smallest absolute Gasteiger partial charge is 0.319 e. The van der Waals surface area contributed by atoms with E-state index in [-0.39, 0.29) is 24.0 Å². The molecule has 0 aliphatic rings. The first-order valence-electron chi connectivity index (χ1n) is 15.8. The molecular weight excluding hydrogens is 558 g/mol. The summed E-state index contributed by atoms with van der Waals surface area (Å²) in [4.78, 5) is 48.8. The van der Waals surface area contributed by atoms with Crippen LogP contribution in [0, 0.1) is 10.1 Å². The van der Waals surface area contributed by atoms with Crippen molar-refractivity contribution in [2.24, 2.45) is 0 Å². The first-order valence-corrected chi connectivity index (χ1v) is 15.8. The maximum Gasteiger partial charge on any atom is 0.332 e. The molecule has 11 nitrogen and oxygen atoms in total. The summed E-state index contributed by atoms with van der Waals surface area (Å²) in [5.74, 6) is 0.727. The van der Waals surface area contributed by atoms with Crippen LogP contribution in [-0.2, 0) is 32.5 Å². The highest BCUT2D eigenvalue weighted by atomic mass is 16.6. The molecule has 0 aliphatic carbocycles. The number of aromatic nitrogens is 4. The Morgan fingerprint density at radius 3 is 2.05 bits per heavy atom. The summed E-state index contributed by atoms with van der Waals surface area (Å²) in [5.41, 5.74) is 1.85. The maximum atomic E-state index is 14.2. The number of nitro benzene ring substituents is 1. The summed E-state index contributed by atoms with van der Waals surface area (Å²) in [5, 5.41) is 11.4.